The Morgan fingerprint density at radius 1 is 0.808 bits per heavy atom. The van der Waals surface area contributed by atoms with Crippen LogP contribution >= 0.6 is 0 Å². The van der Waals surface area contributed by atoms with Gasteiger partial charge in [-0.1, -0.05) is 30.3 Å². The van der Waals surface area contributed by atoms with E-state index < -0.39 is 5.76 Å². The molecule has 1 aliphatic heterocycles. The molecular weight excluding hydrogens is 334 g/mol. The number of imide groups is 1. The molecule has 7 nitrogen and oxygen atoms in total. The third kappa shape index (κ3) is 2.73. The lowest BCUT2D eigenvalue weighted by atomic mass is 10.1. The Kier molecular flexibility index (Phi) is 3.96. The highest BCUT2D eigenvalue weighted by Crippen LogP contribution is 2.22. The second-order valence-electron chi connectivity index (χ2n) is 5.92. The number of benzene rings is 2. The predicted octanol–water partition coefficient (Wildman–Crippen LogP) is 2.19. The van der Waals surface area contributed by atoms with Gasteiger partial charge in [-0.25, -0.2) is 4.79 Å². The van der Waals surface area contributed by atoms with Gasteiger partial charge in [0, 0.05) is 18.7 Å². The van der Waals surface area contributed by atoms with Gasteiger partial charge in [0.1, 0.15) is 0 Å². The van der Waals surface area contributed by atoms with Gasteiger partial charge in [0.25, 0.3) is 11.8 Å². The van der Waals surface area contributed by atoms with Gasteiger partial charge < -0.3 is 4.42 Å². The number of aryl methyl sites for hydroxylation is 1. The first kappa shape index (κ1) is 16.0. The molecule has 2 heterocycles. The molecule has 7 heteroatoms. The molecule has 0 fully saturated rings. The van der Waals surface area contributed by atoms with Crippen LogP contribution in [0.1, 0.15) is 27.1 Å². The molecular formula is C19H15N3O4. The molecule has 0 spiro atoms. The zero-order chi connectivity index (χ0) is 18.1. The summed E-state index contributed by atoms with van der Waals surface area (Å²) in [6.45, 7) is 0.467. The van der Waals surface area contributed by atoms with E-state index in [-0.39, 0.29) is 30.8 Å². The van der Waals surface area contributed by atoms with Crippen molar-refractivity contribution in [2.24, 2.45) is 0 Å². The summed E-state index contributed by atoms with van der Waals surface area (Å²) in [4.78, 5) is 37.8. The van der Waals surface area contributed by atoms with Gasteiger partial charge in [-0.2, -0.15) is 4.68 Å². The van der Waals surface area contributed by atoms with Crippen molar-refractivity contribution >= 4 is 11.8 Å². The number of carbonyl (C=O) groups is 2. The van der Waals surface area contributed by atoms with Crippen LogP contribution < -0.4 is 5.76 Å². The topological polar surface area (TPSA) is 85.4 Å². The molecule has 0 bridgehead atoms. The summed E-state index contributed by atoms with van der Waals surface area (Å²) in [5.41, 5.74) is 1.55. The zero-order valence-corrected chi connectivity index (χ0v) is 13.8. The number of aromatic nitrogens is 2. The van der Waals surface area contributed by atoms with Crippen molar-refractivity contribution in [1.82, 2.24) is 14.7 Å². The van der Waals surface area contributed by atoms with Crippen molar-refractivity contribution in [2.45, 2.75) is 13.0 Å². The van der Waals surface area contributed by atoms with E-state index in [9.17, 15) is 14.4 Å². The summed E-state index contributed by atoms with van der Waals surface area (Å²) in [7, 11) is 0. The maximum Gasteiger partial charge on any atom is 0.437 e. The van der Waals surface area contributed by atoms with E-state index in [1.807, 2.05) is 18.2 Å². The highest BCUT2D eigenvalue weighted by molar-refractivity contribution is 6.21. The van der Waals surface area contributed by atoms with Gasteiger partial charge >= 0.3 is 5.76 Å². The summed E-state index contributed by atoms with van der Waals surface area (Å²) < 4.78 is 6.37. The molecule has 1 aliphatic rings. The Bertz CT molecular complexity index is 1000. The van der Waals surface area contributed by atoms with Crippen LogP contribution in [0, 0.1) is 0 Å². The lowest BCUT2D eigenvalue weighted by Crippen LogP contribution is -2.32. The lowest BCUT2D eigenvalue weighted by molar-refractivity contribution is 0.0650. The lowest BCUT2D eigenvalue weighted by Gasteiger charge is -2.12. The third-order valence-corrected chi connectivity index (χ3v) is 4.26. The maximum absolute atomic E-state index is 12.3. The van der Waals surface area contributed by atoms with Crippen LogP contribution in [0.25, 0.3) is 11.5 Å². The highest BCUT2D eigenvalue weighted by Gasteiger charge is 2.34. The summed E-state index contributed by atoms with van der Waals surface area (Å²) in [5, 5.41) is 4.17. The second kappa shape index (κ2) is 6.44. The van der Waals surface area contributed by atoms with Gasteiger partial charge in [0.15, 0.2) is 0 Å². The Balaban J connectivity index is 1.43. The normalized spacial score (nSPS) is 13.3. The molecule has 2 aromatic carbocycles. The van der Waals surface area contributed by atoms with Crippen LogP contribution in [0.4, 0.5) is 0 Å². The summed E-state index contributed by atoms with van der Waals surface area (Å²) >= 11 is 0. The average molecular weight is 349 g/mol. The van der Waals surface area contributed by atoms with Crippen molar-refractivity contribution in [3.05, 3.63) is 76.3 Å². The van der Waals surface area contributed by atoms with E-state index in [0.717, 1.165) is 0 Å². The number of hydrogen-bond donors (Lipinski definition) is 0. The average Bonchev–Trinajstić information content (AvgIpc) is 3.16. The monoisotopic (exact) mass is 349 g/mol. The minimum Gasteiger partial charge on any atom is -0.388 e. The molecule has 0 unspecified atom stereocenters. The zero-order valence-electron chi connectivity index (χ0n) is 13.8. The largest absolute Gasteiger partial charge is 0.437 e. The fourth-order valence-corrected chi connectivity index (χ4v) is 2.97. The molecule has 0 aliphatic carbocycles. The number of rotatable bonds is 5. The van der Waals surface area contributed by atoms with Crippen LogP contribution in [-0.4, -0.2) is 33.0 Å². The van der Waals surface area contributed by atoms with Crippen LogP contribution in [0.3, 0.4) is 0 Å². The van der Waals surface area contributed by atoms with Crippen LogP contribution in [0.15, 0.2) is 63.8 Å². The smallest absolute Gasteiger partial charge is 0.388 e. The molecule has 0 saturated heterocycles. The fraction of sp³-hybridized carbons (Fsp3) is 0.158. The predicted molar refractivity (Wildman–Crippen MR) is 92.6 cm³/mol. The molecule has 2 amide bonds. The van der Waals surface area contributed by atoms with Crippen LogP contribution in [0.5, 0.6) is 0 Å². The first-order valence-corrected chi connectivity index (χ1v) is 8.24. The highest BCUT2D eigenvalue weighted by atomic mass is 16.4. The summed E-state index contributed by atoms with van der Waals surface area (Å²) in [5.74, 6) is -0.923. The minimum atomic E-state index is -0.564. The van der Waals surface area contributed by atoms with E-state index >= 15 is 0 Å². The number of amides is 2. The van der Waals surface area contributed by atoms with Gasteiger partial charge in [-0.05, 0) is 30.7 Å². The van der Waals surface area contributed by atoms with E-state index in [1.165, 1.54) is 9.58 Å². The van der Waals surface area contributed by atoms with E-state index in [1.54, 1.807) is 36.4 Å². The molecule has 26 heavy (non-hydrogen) atoms. The maximum atomic E-state index is 12.3. The van der Waals surface area contributed by atoms with Gasteiger partial charge in [-0.15, -0.1) is 5.10 Å². The standard InChI is InChI=1S/C19H15N3O4/c23-17-14-9-4-5-10-15(14)18(24)21(17)11-6-12-22-19(25)26-16(20-22)13-7-2-1-3-8-13/h1-5,7-10H,6,11-12H2. The first-order valence-electron chi connectivity index (χ1n) is 8.24. The molecule has 1 aromatic heterocycles. The Hall–Kier alpha value is -3.48. The first-order chi connectivity index (χ1) is 12.6. The van der Waals surface area contributed by atoms with Gasteiger partial charge in [0.05, 0.1) is 11.1 Å². The van der Waals surface area contributed by atoms with Crippen LogP contribution in [-0.2, 0) is 6.54 Å². The molecule has 4 rings (SSSR count). The second-order valence-corrected chi connectivity index (χ2v) is 5.92. The van der Waals surface area contributed by atoms with Crippen molar-refractivity contribution in [3.8, 4) is 11.5 Å². The minimum absolute atomic E-state index is 0.215. The molecule has 0 N–H and O–H groups in total. The summed E-state index contributed by atoms with van der Waals surface area (Å²) in [6, 6.07) is 15.9. The van der Waals surface area contributed by atoms with Crippen LogP contribution in [0.2, 0.25) is 0 Å². The van der Waals surface area contributed by atoms with E-state index in [4.69, 9.17) is 4.42 Å². The third-order valence-electron chi connectivity index (χ3n) is 4.26. The SMILES string of the molecule is O=C1c2ccccc2C(=O)N1CCCn1nc(-c2ccccc2)oc1=O. The Labute approximate surface area is 148 Å². The van der Waals surface area contributed by atoms with Gasteiger partial charge in [0.2, 0.25) is 5.89 Å². The van der Waals surface area contributed by atoms with Crippen molar-refractivity contribution in [3.63, 3.8) is 0 Å². The molecule has 3 aromatic rings. The number of carbonyl (C=O) groups excluding carboxylic acids is 2. The number of hydrogen-bond acceptors (Lipinski definition) is 5. The molecule has 0 saturated carbocycles. The summed E-state index contributed by atoms with van der Waals surface area (Å²) in [6.07, 6.45) is 0.409. The Morgan fingerprint density at radius 2 is 1.42 bits per heavy atom. The molecule has 130 valence electrons. The van der Waals surface area contributed by atoms with Crippen molar-refractivity contribution < 1.29 is 14.0 Å². The van der Waals surface area contributed by atoms with Crippen molar-refractivity contribution in [2.75, 3.05) is 6.54 Å². The Morgan fingerprint density at radius 3 is 2.08 bits per heavy atom. The number of fused-ring (bicyclic) bond motifs is 1. The quantitative estimate of drug-likeness (QED) is 0.659. The number of nitrogens with zero attached hydrogens (tertiary/aromatic N) is 3. The molecule has 0 radical (unpaired) electrons. The van der Waals surface area contributed by atoms with E-state index in [0.29, 0.717) is 23.1 Å². The van der Waals surface area contributed by atoms with Gasteiger partial charge in [-0.3, -0.25) is 14.5 Å². The molecule has 0 atom stereocenters. The fourth-order valence-electron chi connectivity index (χ4n) is 2.97. The van der Waals surface area contributed by atoms with Crippen molar-refractivity contribution in [1.29, 1.82) is 0 Å². The van der Waals surface area contributed by atoms with E-state index in [2.05, 4.69) is 5.10 Å².